The van der Waals surface area contributed by atoms with Gasteiger partial charge in [0, 0.05) is 12.0 Å². The number of ether oxygens (including phenoxy) is 1. The van der Waals surface area contributed by atoms with Crippen molar-refractivity contribution in [3.8, 4) is 0 Å². The standard InChI is InChI=1S/C21H29ClN2O5S/c1-20(2,3)18-24-15-8-7-14(22)17(16(15)28-18)30(26,27)13-9-12(10-13)11-23-19(25)29-21(4,5)6/h7-8,12-13H,9-11H2,1-6H3,(H,23,25)/t12-,13+. The van der Waals surface area contributed by atoms with Crippen molar-refractivity contribution < 1.29 is 22.4 Å². The first-order chi connectivity index (χ1) is 13.7. The molecule has 30 heavy (non-hydrogen) atoms. The molecule has 1 aliphatic rings. The van der Waals surface area contributed by atoms with E-state index in [-0.39, 0.29) is 26.8 Å². The molecule has 0 spiro atoms. The highest BCUT2D eigenvalue weighted by Crippen LogP contribution is 2.41. The third-order valence-corrected chi connectivity index (χ3v) is 7.62. The Morgan fingerprint density at radius 1 is 1.23 bits per heavy atom. The Hall–Kier alpha value is -1.80. The number of amides is 1. The fourth-order valence-electron chi connectivity index (χ4n) is 3.33. The number of carbonyl (C=O) groups excluding carboxylic acids is 1. The number of nitrogens with one attached hydrogen (secondary N) is 1. The van der Waals surface area contributed by atoms with Gasteiger partial charge in [0.2, 0.25) is 5.89 Å². The Morgan fingerprint density at radius 3 is 2.43 bits per heavy atom. The van der Waals surface area contributed by atoms with Crippen LogP contribution < -0.4 is 5.32 Å². The van der Waals surface area contributed by atoms with Gasteiger partial charge in [-0.15, -0.1) is 0 Å². The van der Waals surface area contributed by atoms with E-state index in [0.29, 0.717) is 30.8 Å². The number of sulfone groups is 1. The van der Waals surface area contributed by atoms with Crippen LogP contribution in [-0.2, 0) is 20.0 Å². The van der Waals surface area contributed by atoms with E-state index in [1.807, 2.05) is 20.8 Å². The summed E-state index contributed by atoms with van der Waals surface area (Å²) in [6.45, 7) is 11.6. The zero-order valence-corrected chi connectivity index (χ0v) is 19.8. The molecule has 3 rings (SSSR count). The minimum atomic E-state index is -3.70. The van der Waals surface area contributed by atoms with Crippen LogP contribution in [0, 0.1) is 5.92 Å². The predicted molar refractivity (Wildman–Crippen MR) is 116 cm³/mol. The summed E-state index contributed by atoms with van der Waals surface area (Å²) in [5, 5.41) is 2.26. The van der Waals surface area contributed by atoms with Gasteiger partial charge in [0.15, 0.2) is 15.4 Å². The van der Waals surface area contributed by atoms with Crippen LogP contribution in [0.3, 0.4) is 0 Å². The summed E-state index contributed by atoms with van der Waals surface area (Å²) in [5.41, 5.74) is -0.247. The largest absolute Gasteiger partial charge is 0.444 e. The summed E-state index contributed by atoms with van der Waals surface area (Å²) in [5.74, 6) is 0.527. The average Bonchev–Trinajstić information content (AvgIpc) is 2.94. The van der Waals surface area contributed by atoms with Gasteiger partial charge in [-0.05, 0) is 51.7 Å². The molecule has 0 aliphatic heterocycles. The quantitative estimate of drug-likeness (QED) is 0.705. The molecular formula is C21H29ClN2O5S. The Labute approximate surface area is 182 Å². The summed E-state index contributed by atoms with van der Waals surface area (Å²) < 4.78 is 37.7. The summed E-state index contributed by atoms with van der Waals surface area (Å²) >= 11 is 6.30. The fourth-order valence-corrected chi connectivity index (χ4v) is 5.93. The molecule has 1 aromatic carbocycles. The summed E-state index contributed by atoms with van der Waals surface area (Å²) in [6.07, 6.45) is 0.369. The molecule has 1 aliphatic carbocycles. The van der Waals surface area contributed by atoms with Crippen LogP contribution in [0.5, 0.6) is 0 Å². The SMILES string of the molecule is CC(C)(C)OC(=O)NC[C@H]1C[C@@H](S(=O)(=O)c2c(Cl)ccc3nc(C(C)(C)C)oc23)C1. The molecule has 1 aromatic heterocycles. The van der Waals surface area contributed by atoms with Crippen LogP contribution in [0.15, 0.2) is 21.4 Å². The van der Waals surface area contributed by atoms with Crippen LogP contribution >= 0.6 is 11.6 Å². The minimum absolute atomic E-state index is 0.00761. The number of nitrogens with zero attached hydrogens (tertiary/aromatic N) is 1. The Bertz CT molecular complexity index is 1060. The van der Waals surface area contributed by atoms with Crippen LogP contribution in [0.25, 0.3) is 11.1 Å². The van der Waals surface area contributed by atoms with E-state index in [0.717, 1.165) is 0 Å². The lowest BCUT2D eigenvalue weighted by molar-refractivity contribution is 0.0511. The van der Waals surface area contributed by atoms with Crippen molar-refractivity contribution in [1.29, 1.82) is 0 Å². The second kappa shape index (κ2) is 7.71. The van der Waals surface area contributed by atoms with Crippen molar-refractivity contribution in [3.05, 3.63) is 23.0 Å². The summed E-state index contributed by atoms with van der Waals surface area (Å²) in [6, 6.07) is 3.22. The summed E-state index contributed by atoms with van der Waals surface area (Å²) in [7, 11) is -3.70. The first kappa shape index (κ1) is 22.9. The number of rotatable bonds is 4. The third kappa shape index (κ3) is 4.75. The monoisotopic (exact) mass is 456 g/mol. The number of aromatic nitrogens is 1. The maximum absolute atomic E-state index is 13.3. The van der Waals surface area contributed by atoms with Gasteiger partial charge < -0.3 is 14.5 Å². The smallest absolute Gasteiger partial charge is 0.407 e. The van der Waals surface area contributed by atoms with Crippen LogP contribution in [-0.4, -0.2) is 36.9 Å². The minimum Gasteiger partial charge on any atom is -0.444 e. The lowest BCUT2D eigenvalue weighted by Gasteiger charge is -2.35. The highest BCUT2D eigenvalue weighted by Gasteiger charge is 2.42. The van der Waals surface area contributed by atoms with Crippen molar-refractivity contribution in [1.82, 2.24) is 10.3 Å². The van der Waals surface area contributed by atoms with Gasteiger partial charge >= 0.3 is 6.09 Å². The second-order valence-electron chi connectivity index (χ2n) is 9.88. The lowest BCUT2D eigenvalue weighted by Crippen LogP contribution is -2.43. The molecule has 0 bridgehead atoms. The molecule has 9 heteroatoms. The zero-order valence-electron chi connectivity index (χ0n) is 18.2. The molecule has 1 amide bonds. The van der Waals surface area contributed by atoms with Crippen LogP contribution in [0.4, 0.5) is 4.79 Å². The first-order valence-electron chi connectivity index (χ1n) is 9.99. The van der Waals surface area contributed by atoms with Gasteiger partial charge in [0.25, 0.3) is 0 Å². The van der Waals surface area contributed by atoms with Crippen molar-refractivity contribution in [3.63, 3.8) is 0 Å². The molecule has 0 atom stereocenters. The zero-order chi connectivity index (χ0) is 22.5. The molecular weight excluding hydrogens is 428 g/mol. The van der Waals surface area contributed by atoms with Gasteiger partial charge in [0.1, 0.15) is 16.0 Å². The lowest BCUT2D eigenvalue weighted by atomic mass is 9.85. The number of fused-ring (bicyclic) bond motifs is 1. The van der Waals surface area contributed by atoms with Gasteiger partial charge in [-0.25, -0.2) is 18.2 Å². The molecule has 1 saturated carbocycles. The molecule has 1 heterocycles. The van der Waals surface area contributed by atoms with Gasteiger partial charge in [0.05, 0.1) is 10.3 Å². The van der Waals surface area contributed by atoms with Gasteiger partial charge in [-0.2, -0.15) is 0 Å². The molecule has 7 nitrogen and oxygen atoms in total. The number of carbonyl (C=O) groups is 1. The van der Waals surface area contributed by atoms with E-state index >= 15 is 0 Å². The number of alkyl carbamates (subject to hydrolysis) is 1. The molecule has 0 saturated heterocycles. The summed E-state index contributed by atoms with van der Waals surface area (Å²) in [4.78, 5) is 16.2. The average molecular weight is 457 g/mol. The number of halogens is 1. The normalized spacial score (nSPS) is 20.1. The number of hydrogen-bond acceptors (Lipinski definition) is 6. The van der Waals surface area contributed by atoms with Crippen molar-refractivity contribution in [2.45, 2.75) is 75.5 Å². The highest BCUT2D eigenvalue weighted by molar-refractivity contribution is 7.92. The Morgan fingerprint density at radius 2 is 1.87 bits per heavy atom. The highest BCUT2D eigenvalue weighted by atomic mass is 35.5. The second-order valence-corrected chi connectivity index (χ2v) is 12.5. The maximum atomic E-state index is 13.3. The van der Waals surface area contributed by atoms with Gasteiger partial charge in [-0.3, -0.25) is 0 Å². The maximum Gasteiger partial charge on any atom is 0.407 e. The van der Waals surface area contributed by atoms with E-state index in [4.69, 9.17) is 20.8 Å². The van der Waals surface area contributed by atoms with E-state index < -0.39 is 26.8 Å². The van der Waals surface area contributed by atoms with Crippen LogP contribution in [0.2, 0.25) is 5.02 Å². The Kier molecular flexibility index (Phi) is 5.88. The van der Waals surface area contributed by atoms with Gasteiger partial charge in [-0.1, -0.05) is 32.4 Å². The molecule has 1 N–H and O–H groups in total. The molecule has 166 valence electrons. The van der Waals surface area contributed by atoms with E-state index in [2.05, 4.69) is 10.3 Å². The van der Waals surface area contributed by atoms with Crippen molar-refractivity contribution in [2.75, 3.05) is 6.54 Å². The third-order valence-electron chi connectivity index (χ3n) is 4.96. The topological polar surface area (TPSA) is 98.5 Å². The van der Waals surface area contributed by atoms with Crippen molar-refractivity contribution in [2.24, 2.45) is 5.92 Å². The Balaban J connectivity index is 1.74. The molecule has 0 radical (unpaired) electrons. The number of oxazole rings is 1. The number of hydrogen-bond donors (Lipinski definition) is 1. The fraction of sp³-hybridized carbons (Fsp3) is 0.619. The van der Waals surface area contributed by atoms with E-state index in [1.165, 1.54) is 0 Å². The van der Waals surface area contributed by atoms with E-state index in [1.54, 1.807) is 32.9 Å². The predicted octanol–water partition coefficient (Wildman–Crippen LogP) is 4.86. The molecule has 2 aromatic rings. The first-order valence-corrected chi connectivity index (χ1v) is 11.9. The molecule has 1 fully saturated rings. The molecule has 0 unspecified atom stereocenters. The van der Waals surface area contributed by atoms with Crippen molar-refractivity contribution >= 4 is 38.6 Å². The van der Waals surface area contributed by atoms with E-state index in [9.17, 15) is 13.2 Å². The number of benzene rings is 1. The van der Waals surface area contributed by atoms with Crippen LogP contribution in [0.1, 0.15) is 60.3 Å².